The van der Waals surface area contributed by atoms with Gasteiger partial charge in [0.05, 0.1) is 0 Å². The lowest BCUT2D eigenvalue weighted by molar-refractivity contribution is -0.321. The Bertz CT molecular complexity index is 301. The molecule has 0 rings (SSSR count). The number of alkyl halides is 1. The molecule has 6 heteroatoms. The Morgan fingerprint density at radius 2 is 1.52 bits per heavy atom. The van der Waals surface area contributed by atoms with Gasteiger partial charge in [0, 0.05) is 32.3 Å². The zero-order valence-corrected chi connectivity index (χ0v) is 14.1. The molecule has 21 heavy (non-hydrogen) atoms. The van der Waals surface area contributed by atoms with Crippen molar-refractivity contribution in [3.63, 3.8) is 0 Å². The Hall–Kier alpha value is -0.350. The van der Waals surface area contributed by atoms with Crippen LogP contribution in [0.4, 0.5) is 0 Å². The first kappa shape index (κ1) is 20.6. The molecule has 1 unspecified atom stereocenters. The monoisotopic (exact) mass is 322 g/mol. The standard InChI is InChI=1S/C15H27ClO5/c1-5-18-14(19-6-2)15(20-7-3,21-8-4)11-9-13(17)10-12-16/h13-14,17H,5-8,10,12H2,1-4H3. The van der Waals surface area contributed by atoms with Crippen molar-refractivity contribution in [2.24, 2.45) is 0 Å². The molecular weight excluding hydrogens is 296 g/mol. The predicted octanol–water partition coefficient (Wildman–Crippen LogP) is 2.15. The summed E-state index contributed by atoms with van der Waals surface area (Å²) in [7, 11) is 0. The molecule has 0 aromatic rings. The average molecular weight is 323 g/mol. The molecule has 0 fully saturated rings. The molecule has 0 spiro atoms. The highest BCUT2D eigenvalue weighted by atomic mass is 35.5. The molecule has 124 valence electrons. The van der Waals surface area contributed by atoms with Crippen LogP contribution in [-0.4, -0.2) is 55.6 Å². The number of hydrogen-bond acceptors (Lipinski definition) is 5. The summed E-state index contributed by atoms with van der Waals surface area (Å²) < 4.78 is 22.5. The maximum Gasteiger partial charge on any atom is 0.286 e. The smallest absolute Gasteiger partial charge is 0.286 e. The van der Waals surface area contributed by atoms with Crippen LogP contribution >= 0.6 is 11.6 Å². The number of halogens is 1. The van der Waals surface area contributed by atoms with E-state index in [0.717, 1.165) is 0 Å². The minimum absolute atomic E-state index is 0.326. The zero-order valence-electron chi connectivity index (χ0n) is 13.4. The van der Waals surface area contributed by atoms with Crippen molar-refractivity contribution in [2.45, 2.75) is 52.3 Å². The molecule has 0 saturated carbocycles. The van der Waals surface area contributed by atoms with Gasteiger partial charge >= 0.3 is 0 Å². The summed E-state index contributed by atoms with van der Waals surface area (Å²) in [5.74, 6) is 4.51. The molecule has 0 radical (unpaired) electrons. The molecule has 0 bridgehead atoms. The third-order valence-corrected chi connectivity index (χ3v) is 2.68. The van der Waals surface area contributed by atoms with Crippen molar-refractivity contribution in [3.8, 4) is 11.8 Å². The molecular formula is C15H27ClO5. The number of ether oxygens (including phenoxy) is 4. The first-order valence-electron chi connectivity index (χ1n) is 7.37. The van der Waals surface area contributed by atoms with Crippen LogP contribution in [0.5, 0.6) is 0 Å². The van der Waals surface area contributed by atoms with Gasteiger partial charge in [-0.15, -0.1) is 11.6 Å². The van der Waals surface area contributed by atoms with E-state index in [9.17, 15) is 5.11 Å². The van der Waals surface area contributed by atoms with Gasteiger partial charge in [-0.2, -0.15) is 0 Å². The van der Waals surface area contributed by atoms with Crippen molar-refractivity contribution in [1.29, 1.82) is 0 Å². The zero-order chi connectivity index (χ0) is 16.1. The second-order valence-corrected chi connectivity index (χ2v) is 4.42. The van der Waals surface area contributed by atoms with Crippen molar-refractivity contribution in [1.82, 2.24) is 0 Å². The summed E-state index contributed by atoms with van der Waals surface area (Å²) in [5, 5.41) is 9.74. The van der Waals surface area contributed by atoms with Gasteiger partial charge in [-0.1, -0.05) is 5.92 Å². The van der Waals surface area contributed by atoms with Crippen LogP contribution in [0.25, 0.3) is 0 Å². The largest absolute Gasteiger partial charge is 0.380 e. The molecule has 0 heterocycles. The summed E-state index contributed by atoms with van der Waals surface area (Å²) in [5.41, 5.74) is 0. The maximum atomic E-state index is 9.74. The van der Waals surface area contributed by atoms with Gasteiger partial charge in [-0.25, -0.2) is 0 Å². The number of aliphatic hydroxyl groups excluding tert-OH is 1. The van der Waals surface area contributed by atoms with Crippen molar-refractivity contribution in [2.75, 3.05) is 32.3 Å². The summed E-state index contributed by atoms with van der Waals surface area (Å²) in [6.45, 7) is 8.97. The third kappa shape index (κ3) is 7.46. The van der Waals surface area contributed by atoms with Crippen LogP contribution in [0.1, 0.15) is 34.1 Å². The van der Waals surface area contributed by atoms with E-state index in [1.807, 2.05) is 27.7 Å². The third-order valence-electron chi connectivity index (χ3n) is 2.46. The highest BCUT2D eigenvalue weighted by Gasteiger charge is 2.41. The summed E-state index contributed by atoms with van der Waals surface area (Å²) in [6, 6.07) is 0. The second kappa shape index (κ2) is 12.2. The van der Waals surface area contributed by atoms with Gasteiger partial charge in [-0.05, 0) is 40.0 Å². The predicted molar refractivity (Wildman–Crippen MR) is 82.1 cm³/mol. The van der Waals surface area contributed by atoms with E-state index in [2.05, 4.69) is 11.8 Å². The Balaban J connectivity index is 5.36. The van der Waals surface area contributed by atoms with Gasteiger partial charge in [0.25, 0.3) is 5.79 Å². The van der Waals surface area contributed by atoms with Crippen molar-refractivity contribution in [3.05, 3.63) is 0 Å². The van der Waals surface area contributed by atoms with Crippen LogP contribution in [0, 0.1) is 11.8 Å². The highest BCUT2D eigenvalue weighted by molar-refractivity contribution is 6.17. The van der Waals surface area contributed by atoms with Gasteiger partial charge in [-0.3, -0.25) is 0 Å². The fourth-order valence-corrected chi connectivity index (χ4v) is 1.87. The van der Waals surface area contributed by atoms with Crippen LogP contribution in [0.15, 0.2) is 0 Å². The first-order chi connectivity index (χ1) is 10.1. The Kier molecular flexibility index (Phi) is 12.0. The minimum Gasteiger partial charge on any atom is -0.380 e. The van der Waals surface area contributed by atoms with Gasteiger partial charge in [0.2, 0.25) is 6.29 Å². The molecule has 5 nitrogen and oxygen atoms in total. The first-order valence-corrected chi connectivity index (χ1v) is 7.91. The van der Waals surface area contributed by atoms with Crippen LogP contribution in [0.3, 0.4) is 0 Å². The lowest BCUT2D eigenvalue weighted by Crippen LogP contribution is -2.49. The SMILES string of the molecule is CCOC(OCC)C(C#CC(O)CCCl)(OCC)OCC. The fourth-order valence-electron chi connectivity index (χ4n) is 1.67. The molecule has 0 aromatic carbocycles. The second-order valence-electron chi connectivity index (χ2n) is 4.04. The molecule has 0 aliphatic carbocycles. The van der Waals surface area contributed by atoms with Gasteiger partial charge in [0.15, 0.2) is 0 Å². The van der Waals surface area contributed by atoms with Gasteiger partial charge < -0.3 is 24.1 Å². The molecule has 1 N–H and O–H groups in total. The van der Waals surface area contributed by atoms with E-state index in [-0.39, 0.29) is 0 Å². The molecule has 0 aliphatic heterocycles. The maximum absolute atomic E-state index is 9.74. The highest BCUT2D eigenvalue weighted by Crippen LogP contribution is 2.22. The van der Waals surface area contributed by atoms with E-state index >= 15 is 0 Å². The average Bonchev–Trinajstić information content (AvgIpc) is 2.45. The Morgan fingerprint density at radius 1 is 1.00 bits per heavy atom. The topological polar surface area (TPSA) is 57.2 Å². The van der Waals surface area contributed by atoms with Gasteiger partial charge in [0.1, 0.15) is 6.10 Å². The molecule has 0 aliphatic rings. The Labute approximate surface area is 132 Å². The molecule has 0 aromatic heterocycles. The van der Waals surface area contributed by atoms with E-state index < -0.39 is 18.2 Å². The molecule has 0 amide bonds. The lowest BCUT2D eigenvalue weighted by Gasteiger charge is -2.34. The van der Waals surface area contributed by atoms with E-state index in [1.54, 1.807) is 0 Å². The summed E-state index contributed by atoms with van der Waals surface area (Å²) >= 11 is 5.59. The Morgan fingerprint density at radius 3 is 1.90 bits per heavy atom. The lowest BCUT2D eigenvalue weighted by atomic mass is 10.2. The molecule has 1 atom stereocenters. The summed E-state index contributed by atoms with van der Waals surface area (Å²) in [4.78, 5) is 0. The number of hydrogen-bond donors (Lipinski definition) is 1. The van der Waals surface area contributed by atoms with Crippen LogP contribution in [-0.2, 0) is 18.9 Å². The number of aliphatic hydroxyl groups is 1. The minimum atomic E-state index is -1.36. The van der Waals surface area contributed by atoms with E-state index in [0.29, 0.717) is 38.7 Å². The van der Waals surface area contributed by atoms with Crippen LogP contribution < -0.4 is 0 Å². The fraction of sp³-hybridized carbons (Fsp3) is 0.867. The quantitative estimate of drug-likeness (QED) is 0.359. The van der Waals surface area contributed by atoms with E-state index in [1.165, 1.54) is 0 Å². The molecule has 0 saturated heterocycles. The number of rotatable bonds is 11. The van der Waals surface area contributed by atoms with Crippen molar-refractivity contribution >= 4 is 11.6 Å². The summed E-state index contributed by atoms with van der Waals surface area (Å²) in [6.07, 6.45) is -1.26. The normalized spacial score (nSPS) is 13.1. The van der Waals surface area contributed by atoms with Crippen molar-refractivity contribution < 1.29 is 24.1 Å². The van der Waals surface area contributed by atoms with Crippen LogP contribution in [0.2, 0.25) is 0 Å². The van der Waals surface area contributed by atoms with E-state index in [4.69, 9.17) is 30.5 Å².